The molecule has 0 bridgehead atoms. The predicted octanol–water partition coefficient (Wildman–Crippen LogP) is 4.24. The highest BCUT2D eigenvalue weighted by molar-refractivity contribution is 6.42. The van der Waals surface area contributed by atoms with Crippen LogP contribution in [0.15, 0.2) is 42.5 Å². The minimum absolute atomic E-state index is 0.108. The zero-order valence-corrected chi connectivity index (χ0v) is 12.1. The van der Waals surface area contributed by atoms with Crippen LogP contribution in [0.2, 0.25) is 10.0 Å². The van der Waals surface area contributed by atoms with Crippen molar-refractivity contribution in [3.8, 4) is 5.75 Å². The van der Waals surface area contributed by atoms with Crippen LogP contribution in [0.1, 0.15) is 17.2 Å². The second-order valence-electron chi connectivity index (χ2n) is 4.33. The molecule has 1 unspecified atom stereocenters. The van der Waals surface area contributed by atoms with Crippen molar-refractivity contribution in [1.82, 2.24) is 0 Å². The van der Waals surface area contributed by atoms with E-state index in [4.69, 9.17) is 33.7 Å². The summed E-state index contributed by atoms with van der Waals surface area (Å²) in [6.07, 6.45) is 0.738. The smallest absolute Gasteiger partial charge is 0.118 e. The van der Waals surface area contributed by atoms with Gasteiger partial charge in [0.05, 0.1) is 17.2 Å². The van der Waals surface area contributed by atoms with Crippen LogP contribution >= 0.6 is 23.2 Å². The second kappa shape index (κ2) is 6.29. The summed E-state index contributed by atoms with van der Waals surface area (Å²) in [6, 6.07) is 13.3. The summed E-state index contributed by atoms with van der Waals surface area (Å²) in [6.45, 7) is 0. The fourth-order valence-electron chi connectivity index (χ4n) is 1.88. The zero-order chi connectivity index (χ0) is 13.8. The average molecular weight is 296 g/mol. The van der Waals surface area contributed by atoms with Crippen molar-refractivity contribution in [3.05, 3.63) is 63.6 Å². The van der Waals surface area contributed by atoms with E-state index in [1.54, 1.807) is 13.2 Å². The maximum atomic E-state index is 6.18. The van der Waals surface area contributed by atoms with Crippen molar-refractivity contribution in [2.24, 2.45) is 5.73 Å². The third-order valence-electron chi connectivity index (χ3n) is 2.99. The Balaban J connectivity index is 2.10. The molecule has 2 aromatic carbocycles. The lowest BCUT2D eigenvalue weighted by Crippen LogP contribution is -2.13. The van der Waals surface area contributed by atoms with E-state index in [9.17, 15) is 0 Å². The molecule has 0 heterocycles. The van der Waals surface area contributed by atoms with Gasteiger partial charge in [0.15, 0.2) is 0 Å². The van der Waals surface area contributed by atoms with E-state index in [0.29, 0.717) is 10.0 Å². The van der Waals surface area contributed by atoms with E-state index >= 15 is 0 Å². The van der Waals surface area contributed by atoms with Crippen LogP contribution in [0.3, 0.4) is 0 Å². The number of hydrogen-bond donors (Lipinski definition) is 1. The number of rotatable bonds is 4. The molecule has 2 rings (SSSR count). The molecule has 2 aromatic rings. The molecule has 2 N–H and O–H groups in total. The van der Waals surface area contributed by atoms with Gasteiger partial charge in [-0.25, -0.2) is 0 Å². The number of hydrogen-bond acceptors (Lipinski definition) is 2. The summed E-state index contributed by atoms with van der Waals surface area (Å²) in [7, 11) is 1.65. The largest absolute Gasteiger partial charge is 0.497 e. The fourth-order valence-corrected chi connectivity index (χ4v) is 2.18. The molecule has 0 saturated heterocycles. The SMILES string of the molecule is COc1ccc(CC(N)c2ccc(Cl)c(Cl)c2)cc1. The van der Waals surface area contributed by atoms with Gasteiger partial charge in [-0.15, -0.1) is 0 Å². The van der Waals surface area contributed by atoms with Gasteiger partial charge in [-0.3, -0.25) is 0 Å². The Bertz CT molecular complexity index is 555. The number of halogens is 2. The van der Waals surface area contributed by atoms with Gasteiger partial charge in [-0.2, -0.15) is 0 Å². The van der Waals surface area contributed by atoms with E-state index < -0.39 is 0 Å². The topological polar surface area (TPSA) is 35.2 Å². The molecule has 0 fully saturated rings. The molecule has 0 aliphatic heterocycles. The predicted molar refractivity (Wildman–Crippen MR) is 80.1 cm³/mol. The quantitative estimate of drug-likeness (QED) is 0.915. The summed E-state index contributed by atoms with van der Waals surface area (Å²) in [4.78, 5) is 0. The van der Waals surface area contributed by atoms with Crippen LogP contribution in [-0.2, 0) is 6.42 Å². The maximum Gasteiger partial charge on any atom is 0.118 e. The van der Waals surface area contributed by atoms with Gasteiger partial charge in [0.1, 0.15) is 5.75 Å². The molecule has 4 heteroatoms. The van der Waals surface area contributed by atoms with E-state index in [0.717, 1.165) is 23.3 Å². The van der Waals surface area contributed by atoms with Crippen LogP contribution in [0.5, 0.6) is 5.75 Å². The Morgan fingerprint density at radius 1 is 1.05 bits per heavy atom. The third kappa shape index (κ3) is 3.63. The summed E-state index contributed by atoms with van der Waals surface area (Å²) in [5, 5.41) is 1.08. The summed E-state index contributed by atoms with van der Waals surface area (Å²) in [5.74, 6) is 0.840. The van der Waals surface area contributed by atoms with Gasteiger partial charge in [-0.05, 0) is 41.8 Å². The maximum absolute atomic E-state index is 6.18. The Morgan fingerprint density at radius 3 is 2.32 bits per heavy atom. The molecule has 0 amide bonds. The normalized spacial score (nSPS) is 12.2. The number of ether oxygens (including phenoxy) is 1. The summed E-state index contributed by atoms with van der Waals surface area (Å²) in [5.41, 5.74) is 8.31. The van der Waals surface area contributed by atoms with E-state index in [-0.39, 0.29) is 6.04 Å². The molecule has 1 atom stereocenters. The summed E-state index contributed by atoms with van der Waals surface area (Å²) >= 11 is 11.9. The molecule has 0 aliphatic rings. The van der Waals surface area contributed by atoms with Gasteiger partial charge >= 0.3 is 0 Å². The van der Waals surface area contributed by atoms with Crippen LogP contribution in [0, 0.1) is 0 Å². The minimum atomic E-state index is -0.108. The molecule has 2 nitrogen and oxygen atoms in total. The lowest BCUT2D eigenvalue weighted by Gasteiger charge is -2.13. The van der Waals surface area contributed by atoms with Crippen LogP contribution < -0.4 is 10.5 Å². The molecule has 0 aliphatic carbocycles. The highest BCUT2D eigenvalue weighted by Crippen LogP contribution is 2.26. The fraction of sp³-hybridized carbons (Fsp3) is 0.200. The Morgan fingerprint density at radius 2 is 1.74 bits per heavy atom. The van der Waals surface area contributed by atoms with Gasteiger partial charge in [0.25, 0.3) is 0 Å². The number of nitrogens with two attached hydrogens (primary N) is 1. The Kier molecular flexibility index (Phi) is 4.70. The standard InChI is InChI=1S/C15H15Cl2NO/c1-19-12-5-2-10(3-6-12)8-15(18)11-4-7-13(16)14(17)9-11/h2-7,9,15H,8,18H2,1H3. The molecular formula is C15H15Cl2NO. The first-order chi connectivity index (χ1) is 9.10. The van der Waals surface area contributed by atoms with Crippen molar-refractivity contribution in [2.45, 2.75) is 12.5 Å². The van der Waals surface area contributed by atoms with Gasteiger partial charge in [0.2, 0.25) is 0 Å². The Labute approximate surface area is 123 Å². The minimum Gasteiger partial charge on any atom is -0.497 e. The monoisotopic (exact) mass is 295 g/mol. The van der Waals surface area contributed by atoms with Crippen molar-refractivity contribution in [2.75, 3.05) is 7.11 Å². The van der Waals surface area contributed by atoms with Crippen molar-refractivity contribution in [1.29, 1.82) is 0 Å². The Hall–Kier alpha value is -1.22. The molecule has 0 saturated carbocycles. The van der Waals surface area contributed by atoms with Crippen molar-refractivity contribution in [3.63, 3.8) is 0 Å². The van der Waals surface area contributed by atoms with E-state index in [1.165, 1.54) is 0 Å². The lowest BCUT2D eigenvalue weighted by molar-refractivity contribution is 0.414. The number of methoxy groups -OCH3 is 1. The zero-order valence-electron chi connectivity index (χ0n) is 10.6. The van der Waals surface area contributed by atoms with Crippen LogP contribution in [0.4, 0.5) is 0 Å². The van der Waals surface area contributed by atoms with E-state index in [2.05, 4.69) is 0 Å². The van der Waals surface area contributed by atoms with E-state index in [1.807, 2.05) is 36.4 Å². The summed E-state index contributed by atoms with van der Waals surface area (Å²) < 4.78 is 5.12. The van der Waals surface area contributed by atoms with Crippen molar-refractivity contribution < 1.29 is 4.74 Å². The highest BCUT2D eigenvalue weighted by Gasteiger charge is 2.09. The first kappa shape index (κ1) is 14.2. The molecule has 0 radical (unpaired) electrons. The first-order valence-electron chi connectivity index (χ1n) is 5.93. The van der Waals surface area contributed by atoms with Crippen molar-refractivity contribution >= 4 is 23.2 Å². The second-order valence-corrected chi connectivity index (χ2v) is 5.15. The lowest BCUT2D eigenvalue weighted by atomic mass is 10.00. The molecule has 0 spiro atoms. The van der Waals surface area contributed by atoms with Gasteiger partial charge in [0, 0.05) is 6.04 Å². The molecule has 100 valence electrons. The number of benzene rings is 2. The molecule has 19 heavy (non-hydrogen) atoms. The van der Waals surface area contributed by atoms with Crippen LogP contribution in [-0.4, -0.2) is 7.11 Å². The van der Waals surface area contributed by atoms with Crippen LogP contribution in [0.25, 0.3) is 0 Å². The average Bonchev–Trinajstić information content (AvgIpc) is 2.42. The highest BCUT2D eigenvalue weighted by atomic mass is 35.5. The molecule has 0 aromatic heterocycles. The molecular weight excluding hydrogens is 281 g/mol. The third-order valence-corrected chi connectivity index (χ3v) is 3.73. The first-order valence-corrected chi connectivity index (χ1v) is 6.69. The van der Waals surface area contributed by atoms with Gasteiger partial charge < -0.3 is 10.5 Å². The van der Waals surface area contributed by atoms with Gasteiger partial charge in [-0.1, -0.05) is 41.4 Å².